The minimum absolute atomic E-state index is 0.0439. The predicted octanol–water partition coefficient (Wildman–Crippen LogP) is 4.20. The van der Waals surface area contributed by atoms with Crippen LogP contribution in [-0.4, -0.2) is 24.7 Å². The van der Waals surface area contributed by atoms with Gasteiger partial charge in [-0.3, -0.25) is 4.79 Å². The van der Waals surface area contributed by atoms with Gasteiger partial charge in [0.05, 0.1) is 4.90 Å². The van der Waals surface area contributed by atoms with Gasteiger partial charge in [0.2, 0.25) is 15.9 Å². The monoisotopic (exact) mass is 438 g/mol. The Morgan fingerprint density at radius 2 is 1.68 bits per heavy atom. The third-order valence-corrected chi connectivity index (χ3v) is 7.44. The maximum atomic E-state index is 13.4. The van der Waals surface area contributed by atoms with Crippen LogP contribution in [0.25, 0.3) is 0 Å². The topological polar surface area (TPSA) is 66.5 Å². The van der Waals surface area contributed by atoms with Crippen LogP contribution >= 0.6 is 0 Å². The summed E-state index contributed by atoms with van der Waals surface area (Å²) in [5.74, 6) is -0.917. The molecular weight excluding hydrogens is 415 g/mol. The first-order chi connectivity index (χ1) is 14.8. The first-order valence-corrected chi connectivity index (χ1v) is 11.4. The molecule has 0 bridgehead atoms. The highest BCUT2D eigenvalue weighted by Crippen LogP contribution is 2.30. The number of anilines is 1. The molecule has 1 N–H and O–H groups in total. The third-order valence-electron chi connectivity index (χ3n) is 5.57. The lowest BCUT2D eigenvalue weighted by molar-refractivity contribution is -0.120. The van der Waals surface area contributed by atoms with Crippen LogP contribution in [0.15, 0.2) is 71.6 Å². The zero-order chi connectivity index (χ0) is 22.2. The fraction of sp³-hybridized carbons (Fsp3) is 0.208. The Morgan fingerprint density at radius 3 is 2.35 bits per heavy atom. The van der Waals surface area contributed by atoms with Crippen molar-refractivity contribution >= 4 is 21.6 Å². The van der Waals surface area contributed by atoms with Crippen molar-refractivity contribution in [2.24, 2.45) is 0 Å². The first kappa shape index (κ1) is 21.2. The van der Waals surface area contributed by atoms with Gasteiger partial charge in [-0.05, 0) is 67.3 Å². The van der Waals surface area contributed by atoms with E-state index in [1.807, 2.05) is 56.3 Å². The van der Waals surface area contributed by atoms with Gasteiger partial charge >= 0.3 is 0 Å². The van der Waals surface area contributed by atoms with Crippen molar-refractivity contribution in [1.29, 1.82) is 0 Å². The summed E-state index contributed by atoms with van der Waals surface area (Å²) in [5.41, 5.74) is 4.41. The predicted molar refractivity (Wildman–Crippen MR) is 118 cm³/mol. The highest BCUT2D eigenvalue weighted by molar-refractivity contribution is 7.89. The Bertz CT molecular complexity index is 1240. The van der Waals surface area contributed by atoms with Crippen LogP contribution in [0.4, 0.5) is 10.1 Å². The van der Waals surface area contributed by atoms with Crippen molar-refractivity contribution in [1.82, 2.24) is 4.31 Å². The van der Waals surface area contributed by atoms with Crippen LogP contribution in [0, 0.1) is 19.7 Å². The van der Waals surface area contributed by atoms with Crippen LogP contribution in [0.2, 0.25) is 0 Å². The molecule has 160 valence electrons. The Labute approximate surface area is 181 Å². The summed E-state index contributed by atoms with van der Waals surface area (Å²) in [6.07, 6.45) is 0.257. The van der Waals surface area contributed by atoms with Gasteiger partial charge in [-0.2, -0.15) is 4.31 Å². The summed E-state index contributed by atoms with van der Waals surface area (Å²) in [5, 5.41) is 2.90. The number of sulfonamides is 1. The zero-order valence-electron chi connectivity index (χ0n) is 17.3. The Morgan fingerprint density at radius 1 is 1.00 bits per heavy atom. The van der Waals surface area contributed by atoms with E-state index in [0.29, 0.717) is 5.69 Å². The van der Waals surface area contributed by atoms with Gasteiger partial charge in [0.15, 0.2) is 0 Å². The molecular formula is C24H23FN2O3S. The van der Waals surface area contributed by atoms with E-state index in [1.165, 1.54) is 16.4 Å². The first-order valence-electron chi connectivity index (χ1n) is 9.98. The van der Waals surface area contributed by atoms with Crippen molar-refractivity contribution in [2.75, 3.05) is 5.32 Å². The summed E-state index contributed by atoms with van der Waals surface area (Å²) < 4.78 is 41.4. The number of hydrogen-bond acceptors (Lipinski definition) is 3. The fourth-order valence-corrected chi connectivity index (χ4v) is 5.45. The van der Waals surface area contributed by atoms with Gasteiger partial charge in [-0.1, -0.05) is 42.0 Å². The SMILES string of the molecule is Cc1ccc(NC(=O)[C@@H]2Cc3ccccc3CN2S(=O)(=O)c2ccc(F)cc2)c(C)c1. The van der Waals surface area contributed by atoms with Gasteiger partial charge < -0.3 is 5.32 Å². The maximum absolute atomic E-state index is 13.4. The van der Waals surface area contributed by atoms with E-state index >= 15 is 0 Å². The number of carbonyl (C=O) groups is 1. The molecule has 1 heterocycles. The quantitative estimate of drug-likeness (QED) is 0.664. The van der Waals surface area contributed by atoms with Crippen molar-refractivity contribution in [2.45, 2.75) is 37.8 Å². The third kappa shape index (κ3) is 4.24. The molecule has 1 aliphatic heterocycles. The van der Waals surface area contributed by atoms with E-state index in [2.05, 4.69) is 5.32 Å². The smallest absolute Gasteiger partial charge is 0.244 e. The fourth-order valence-electron chi connectivity index (χ4n) is 3.89. The van der Waals surface area contributed by atoms with E-state index < -0.39 is 27.8 Å². The summed E-state index contributed by atoms with van der Waals surface area (Å²) >= 11 is 0. The van der Waals surface area contributed by atoms with Gasteiger partial charge in [0.1, 0.15) is 11.9 Å². The Hall–Kier alpha value is -3.03. The zero-order valence-corrected chi connectivity index (χ0v) is 18.1. The number of hydrogen-bond donors (Lipinski definition) is 1. The number of aryl methyl sites for hydroxylation is 2. The van der Waals surface area contributed by atoms with E-state index in [9.17, 15) is 17.6 Å². The van der Waals surface area contributed by atoms with Crippen LogP contribution in [-0.2, 0) is 27.8 Å². The summed E-state index contributed by atoms with van der Waals surface area (Å²) in [6, 6.07) is 16.9. The molecule has 1 atom stereocenters. The van der Waals surface area contributed by atoms with Gasteiger partial charge in [-0.25, -0.2) is 12.8 Å². The Balaban J connectivity index is 1.72. The van der Waals surface area contributed by atoms with Crippen LogP contribution in [0.3, 0.4) is 0 Å². The number of amides is 1. The molecule has 0 aromatic heterocycles. The molecule has 31 heavy (non-hydrogen) atoms. The van der Waals surface area contributed by atoms with Crippen molar-refractivity contribution in [3.05, 3.63) is 94.8 Å². The standard InChI is InChI=1S/C24H23FN2O3S/c1-16-7-12-22(17(2)13-16)26-24(28)23-14-18-5-3-4-6-19(18)15-27(23)31(29,30)21-10-8-20(25)9-11-21/h3-13,23H,14-15H2,1-2H3,(H,26,28)/t23-/m0/s1. The number of fused-ring (bicyclic) bond motifs is 1. The molecule has 0 fully saturated rings. The summed E-state index contributed by atoms with van der Waals surface area (Å²) in [4.78, 5) is 13.2. The second-order valence-corrected chi connectivity index (χ2v) is 9.69. The minimum atomic E-state index is -4.02. The molecule has 1 aliphatic rings. The average Bonchev–Trinajstić information content (AvgIpc) is 2.75. The second-order valence-electron chi connectivity index (χ2n) is 7.80. The van der Waals surface area contributed by atoms with Gasteiger partial charge in [0, 0.05) is 12.2 Å². The molecule has 0 unspecified atom stereocenters. The number of rotatable bonds is 4. The van der Waals surface area contributed by atoms with Crippen LogP contribution in [0.1, 0.15) is 22.3 Å². The van der Waals surface area contributed by atoms with Gasteiger partial charge in [0.25, 0.3) is 0 Å². The number of halogens is 1. The average molecular weight is 439 g/mol. The second kappa shape index (κ2) is 8.24. The molecule has 4 rings (SSSR count). The highest BCUT2D eigenvalue weighted by atomic mass is 32.2. The van der Waals surface area contributed by atoms with E-state index in [4.69, 9.17) is 0 Å². The van der Waals surface area contributed by atoms with Crippen molar-refractivity contribution in [3.8, 4) is 0 Å². The maximum Gasteiger partial charge on any atom is 0.244 e. The molecule has 0 radical (unpaired) electrons. The lowest BCUT2D eigenvalue weighted by Gasteiger charge is -2.35. The highest BCUT2D eigenvalue weighted by Gasteiger charge is 2.39. The normalized spacial score (nSPS) is 16.5. The number of benzene rings is 3. The number of carbonyl (C=O) groups excluding carboxylic acids is 1. The van der Waals surface area contributed by atoms with E-state index in [1.54, 1.807) is 0 Å². The van der Waals surface area contributed by atoms with Gasteiger partial charge in [-0.15, -0.1) is 0 Å². The minimum Gasteiger partial charge on any atom is -0.324 e. The number of nitrogens with one attached hydrogen (secondary N) is 1. The van der Waals surface area contributed by atoms with Crippen molar-refractivity contribution < 1.29 is 17.6 Å². The molecule has 0 saturated carbocycles. The molecule has 0 aliphatic carbocycles. The molecule has 5 nitrogen and oxygen atoms in total. The lowest BCUT2D eigenvalue weighted by atomic mass is 9.95. The molecule has 3 aromatic rings. The lowest BCUT2D eigenvalue weighted by Crippen LogP contribution is -2.50. The number of nitrogens with zero attached hydrogens (tertiary/aromatic N) is 1. The largest absolute Gasteiger partial charge is 0.324 e. The van der Waals surface area contributed by atoms with Crippen LogP contribution < -0.4 is 5.32 Å². The molecule has 7 heteroatoms. The van der Waals surface area contributed by atoms with E-state index in [-0.39, 0.29) is 17.9 Å². The Kier molecular flexibility index (Phi) is 5.64. The van der Waals surface area contributed by atoms with Crippen molar-refractivity contribution in [3.63, 3.8) is 0 Å². The van der Waals surface area contributed by atoms with Crippen LogP contribution in [0.5, 0.6) is 0 Å². The van der Waals surface area contributed by atoms with E-state index in [0.717, 1.165) is 34.4 Å². The summed E-state index contributed by atoms with van der Waals surface area (Å²) in [7, 11) is -4.02. The molecule has 0 spiro atoms. The molecule has 1 amide bonds. The summed E-state index contributed by atoms with van der Waals surface area (Å²) in [6.45, 7) is 3.93. The molecule has 3 aromatic carbocycles. The molecule has 0 saturated heterocycles.